The number of hydrogen-bond donors (Lipinski definition) is 1. The third-order valence-corrected chi connectivity index (χ3v) is 5.53. The molecule has 1 saturated heterocycles. The summed E-state index contributed by atoms with van der Waals surface area (Å²) in [7, 11) is 1.69. The summed E-state index contributed by atoms with van der Waals surface area (Å²) < 4.78 is 11.4. The van der Waals surface area contributed by atoms with Crippen LogP contribution in [0.25, 0.3) is 10.6 Å². The zero-order chi connectivity index (χ0) is 18.6. The van der Waals surface area contributed by atoms with Gasteiger partial charge in [-0.3, -0.25) is 0 Å². The van der Waals surface area contributed by atoms with Crippen molar-refractivity contribution in [1.82, 2.24) is 10.2 Å². The Morgan fingerprint density at radius 2 is 1.63 bits per heavy atom. The molecule has 0 spiro atoms. The van der Waals surface area contributed by atoms with Gasteiger partial charge in [0, 0.05) is 37.2 Å². The highest BCUT2D eigenvalue weighted by Crippen LogP contribution is 2.28. The van der Waals surface area contributed by atoms with Crippen molar-refractivity contribution in [2.75, 3.05) is 30.8 Å². The molecule has 0 radical (unpaired) electrons. The molecule has 140 valence electrons. The van der Waals surface area contributed by atoms with E-state index >= 15 is 0 Å². The zero-order valence-electron chi connectivity index (χ0n) is 15.2. The molecule has 1 fully saturated rings. The molecule has 0 aliphatic carbocycles. The molecule has 7 heteroatoms. The molecule has 3 aromatic rings. The topological polar surface area (TPSA) is 73.5 Å². The first kappa shape index (κ1) is 17.6. The molecule has 4 rings (SSSR count). The van der Waals surface area contributed by atoms with Crippen LogP contribution >= 0.6 is 11.3 Å². The van der Waals surface area contributed by atoms with Gasteiger partial charge in [0.05, 0.1) is 7.11 Å². The monoisotopic (exact) mass is 382 g/mol. The van der Waals surface area contributed by atoms with Crippen LogP contribution in [0.5, 0.6) is 11.5 Å². The summed E-state index contributed by atoms with van der Waals surface area (Å²) in [5, 5.41) is 9.23. The molecule has 1 aromatic heterocycles. The Kier molecular flexibility index (Phi) is 5.11. The highest BCUT2D eigenvalue weighted by atomic mass is 32.1. The quantitative estimate of drug-likeness (QED) is 0.723. The van der Waals surface area contributed by atoms with Crippen LogP contribution < -0.4 is 20.1 Å². The Morgan fingerprint density at radius 3 is 2.22 bits per heavy atom. The molecule has 27 heavy (non-hydrogen) atoms. The van der Waals surface area contributed by atoms with Gasteiger partial charge in [-0.05, 0) is 48.5 Å². The fraction of sp³-hybridized carbons (Fsp3) is 0.300. The lowest BCUT2D eigenvalue weighted by Gasteiger charge is -2.33. The maximum Gasteiger partial charge on any atom is 0.203 e. The molecule has 0 bridgehead atoms. The zero-order valence-corrected chi connectivity index (χ0v) is 16.0. The summed E-state index contributed by atoms with van der Waals surface area (Å²) in [5.41, 5.74) is 7.88. The number of nitrogens with zero attached hydrogens (tertiary/aromatic N) is 3. The van der Waals surface area contributed by atoms with Crippen LogP contribution in [0.2, 0.25) is 0 Å². The largest absolute Gasteiger partial charge is 0.497 e. The Balaban J connectivity index is 1.32. The number of benzene rings is 2. The molecular weight excluding hydrogens is 360 g/mol. The lowest BCUT2D eigenvalue weighted by Crippen LogP contribution is -2.38. The molecular formula is C20H22N4O2S. The molecule has 0 amide bonds. The van der Waals surface area contributed by atoms with Gasteiger partial charge in [0.1, 0.15) is 22.6 Å². The van der Waals surface area contributed by atoms with Crippen molar-refractivity contribution in [2.24, 2.45) is 0 Å². The Morgan fingerprint density at radius 1 is 0.963 bits per heavy atom. The number of nitrogen functional groups attached to an aromatic ring is 1. The molecule has 1 aliphatic rings. The summed E-state index contributed by atoms with van der Waals surface area (Å²) in [6.07, 6.45) is 2.24. The van der Waals surface area contributed by atoms with Gasteiger partial charge in [-0.25, -0.2) is 0 Å². The van der Waals surface area contributed by atoms with Crippen LogP contribution in [-0.2, 0) is 0 Å². The first-order chi connectivity index (χ1) is 13.2. The minimum Gasteiger partial charge on any atom is -0.497 e. The van der Waals surface area contributed by atoms with E-state index in [0.29, 0.717) is 5.13 Å². The average molecular weight is 382 g/mol. The maximum absolute atomic E-state index is 6.17. The van der Waals surface area contributed by atoms with Crippen LogP contribution in [0.1, 0.15) is 12.8 Å². The fourth-order valence-corrected chi connectivity index (χ4v) is 3.86. The van der Waals surface area contributed by atoms with Gasteiger partial charge in [-0.2, -0.15) is 0 Å². The van der Waals surface area contributed by atoms with Crippen LogP contribution in [0.15, 0.2) is 48.5 Å². The van der Waals surface area contributed by atoms with Crippen molar-refractivity contribution in [3.05, 3.63) is 48.5 Å². The number of rotatable bonds is 5. The van der Waals surface area contributed by atoms with E-state index in [1.807, 2.05) is 36.4 Å². The van der Waals surface area contributed by atoms with Gasteiger partial charge in [-0.1, -0.05) is 11.3 Å². The van der Waals surface area contributed by atoms with Gasteiger partial charge in [0.25, 0.3) is 0 Å². The van der Waals surface area contributed by atoms with Crippen molar-refractivity contribution in [3.63, 3.8) is 0 Å². The van der Waals surface area contributed by atoms with Crippen LogP contribution in [0.3, 0.4) is 0 Å². The second-order valence-electron chi connectivity index (χ2n) is 6.47. The molecule has 2 heterocycles. The van der Waals surface area contributed by atoms with E-state index in [9.17, 15) is 0 Å². The van der Waals surface area contributed by atoms with Gasteiger partial charge >= 0.3 is 0 Å². The van der Waals surface area contributed by atoms with Gasteiger partial charge < -0.3 is 20.1 Å². The van der Waals surface area contributed by atoms with Crippen molar-refractivity contribution in [3.8, 4) is 22.1 Å². The molecule has 1 aliphatic heterocycles. The average Bonchev–Trinajstić information content (AvgIpc) is 3.16. The van der Waals surface area contributed by atoms with Crippen LogP contribution in [0, 0.1) is 0 Å². The molecule has 0 atom stereocenters. The minimum atomic E-state index is 0.238. The van der Waals surface area contributed by atoms with E-state index in [1.54, 1.807) is 7.11 Å². The smallest absolute Gasteiger partial charge is 0.203 e. The fourth-order valence-electron chi connectivity index (χ4n) is 3.24. The van der Waals surface area contributed by atoms with E-state index < -0.39 is 0 Å². The van der Waals surface area contributed by atoms with Crippen molar-refractivity contribution < 1.29 is 9.47 Å². The first-order valence-electron chi connectivity index (χ1n) is 8.96. The summed E-state index contributed by atoms with van der Waals surface area (Å²) in [4.78, 5) is 2.39. The van der Waals surface area contributed by atoms with Gasteiger partial charge in [0.2, 0.25) is 5.13 Å². The second-order valence-corrected chi connectivity index (χ2v) is 7.48. The number of nitrogens with two attached hydrogens (primary N) is 1. The van der Waals surface area contributed by atoms with Crippen molar-refractivity contribution in [2.45, 2.75) is 18.9 Å². The normalized spacial score (nSPS) is 14.9. The highest BCUT2D eigenvalue weighted by Gasteiger charge is 2.21. The lowest BCUT2D eigenvalue weighted by atomic mass is 10.1. The number of ether oxygens (including phenoxy) is 2. The molecule has 6 nitrogen and oxygen atoms in total. The molecule has 0 saturated carbocycles. The number of methoxy groups -OCH3 is 1. The number of hydrogen-bond acceptors (Lipinski definition) is 7. The van der Waals surface area contributed by atoms with Crippen LogP contribution in [0.4, 0.5) is 10.8 Å². The second kappa shape index (κ2) is 7.84. The summed E-state index contributed by atoms with van der Waals surface area (Å²) >= 11 is 1.38. The standard InChI is InChI=1S/C20H22N4O2S/c1-25-16-8-4-15(5-9-16)24-12-10-18(11-13-24)26-17-6-2-14(3-7-17)19-22-23-20(21)27-19/h2-9,18H,10-13H2,1H3,(H2,21,23). The summed E-state index contributed by atoms with van der Waals surface area (Å²) in [6.45, 7) is 1.97. The maximum atomic E-state index is 6.17. The van der Waals surface area contributed by atoms with E-state index in [1.165, 1.54) is 17.0 Å². The highest BCUT2D eigenvalue weighted by molar-refractivity contribution is 7.18. The van der Waals surface area contributed by atoms with Gasteiger partial charge in [-0.15, -0.1) is 10.2 Å². The summed E-state index contributed by atoms with van der Waals surface area (Å²) in [5.74, 6) is 1.77. The molecule has 0 unspecified atom stereocenters. The first-order valence-corrected chi connectivity index (χ1v) is 9.78. The van der Waals surface area contributed by atoms with Gasteiger partial charge in [0.15, 0.2) is 0 Å². The predicted octanol–water partition coefficient (Wildman–Crippen LogP) is 3.84. The van der Waals surface area contributed by atoms with E-state index in [4.69, 9.17) is 15.2 Å². The van der Waals surface area contributed by atoms with E-state index in [-0.39, 0.29) is 6.10 Å². The minimum absolute atomic E-state index is 0.238. The van der Waals surface area contributed by atoms with E-state index in [0.717, 1.165) is 48.0 Å². The summed E-state index contributed by atoms with van der Waals surface area (Å²) in [6, 6.07) is 16.2. The third kappa shape index (κ3) is 4.14. The predicted molar refractivity (Wildman–Crippen MR) is 109 cm³/mol. The Labute approximate surface area is 162 Å². The number of piperidine rings is 1. The lowest BCUT2D eigenvalue weighted by molar-refractivity contribution is 0.171. The Hall–Kier alpha value is -2.80. The van der Waals surface area contributed by atoms with Crippen molar-refractivity contribution >= 4 is 22.2 Å². The SMILES string of the molecule is COc1ccc(N2CCC(Oc3ccc(-c4nnc(N)s4)cc3)CC2)cc1. The van der Waals surface area contributed by atoms with Crippen LogP contribution in [-0.4, -0.2) is 36.5 Å². The molecule has 2 aromatic carbocycles. The molecule has 2 N–H and O–H groups in total. The number of aromatic nitrogens is 2. The van der Waals surface area contributed by atoms with Crippen molar-refractivity contribution in [1.29, 1.82) is 0 Å². The third-order valence-electron chi connectivity index (χ3n) is 4.72. The number of anilines is 2. The Bertz CT molecular complexity index is 872. The van der Waals surface area contributed by atoms with E-state index in [2.05, 4.69) is 27.2 Å².